The highest BCUT2D eigenvalue weighted by atomic mass is 35.5. The quantitative estimate of drug-likeness (QED) is 0.601. The highest BCUT2D eigenvalue weighted by Crippen LogP contribution is 2.26. The molecule has 0 spiro atoms. The highest BCUT2D eigenvalue weighted by molar-refractivity contribution is 6.30. The van der Waals surface area contributed by atoms with E-state index in [0.29, 0.717) is 13.1 Å². The van der Waals surface area contributed by atoms with E-state index in [9.17, 15) is 4.79 Å². The van der Waals surface area contributed by atoms with Gasteiger partial charge in [0.1, 0.15) is 11.6 Å². The number of benzene rings is 2. The highest BCUT2D eigenvalue weighted by Gasteiger charge is 2.26. The number of anilines is 1. The van der Waals surface area contributed by atoms with E-state index in [4.69, 9.17) is 16.6 Å². The third kappa shape index (κ3) is 4.72. The molecule has 1 aliphatic heterocycles. The van der Waals surface area contributed by atoms with Gasteiger partial charge in [0, 0.05) is 54.4 Å². The Morgan fingerprint density at radius 1 is 0.935 bits per heavy atom. The lowest BCUT2D eigenvalue weighted by Gasteiger charge is -2.36. The first-order valence-corrected chi connectivity index (χ1v) is 11.0. The molecule has 5 nitrogen and oxygen atoms in total. The van der Waals surface area contributed by atoms with Crippen LogP contribution in [0, 0.1) is 20.8 Å². The molecule has 31 heavy (non-hydrogen) atoms. The van der Waals surface area contributed by atoms with Crippen LogP contribution in [0.5, 0.6) is 0 Å². The second-order valence-electron chi connectivity index (χ2n) is 8.06. The first kappa shape index (κ1) is 21.3. The smallest absolute Gasteiger partial charge is 0.254 e. The van der Waals surface area contributed by atoms with E-state index in [1.807, 2.05) is 74.2 Å². The molecule has 1 aliphatic rings. The molecule has 3 aromatic rings. The van der Waals surface area contributed by atoms with Crippen molar-refractivity contribution in [3.8, 4) is 0 Å². The third-order valence-electron chi connectivity index (χ3n) is 5.84. The van der Waals surface area contributed by atoms with Crippen molar-refractivity contribution < 1.29 is 4.79 Å². The number of aromatic nitrogens is 2. The van der Waals surface area contributed by atoms with E-state index in [-0.39, 0.29) is 5.91 Å². The van der Waals surface area contributed by atoms with Gasteiger partial charge >= 0.3 is 0 Å². The molecule has 2 heterocycles. The Balaban J connectivity index is 1.53. The summed E-state index contributed by atoms with van der Waals surface area (Å²) in [6.45, 7) is 8.81. The van der Waals surface area contributed by atoms with Crippen molar-refractivity contribution in [2.24, 2.45) is 0 Å². The zero-order chi connectivity index (χ0) is 22.0. The maximum Gasteiger partial charge on any atom is 0.254 e. The molecule has 4 rings (SSSR count). The number of nitrogens with zero attached hydrogens (tertiary/aromatic N) is 4. The maximum atomic E-state index is 13.0. The van der Waals surface area contributed by atoms with Crippen LogP contribution in [0.3, 0.4) is 0 Å². The van der Waals surface area contributed by atoms with Crippen molar-refractivity contribution in [2.45, 2.75) is 27.2 Å². The molecule has 1 fully saturated rings. The van der Waals surface area contributed by atoms with Gasteiger partial charge in [0.25, 0.3) is 5.91 Å². The van der Waals surface area contributed by atoms with Crippen LogP contribution in [-0.4, -0.2) is 47.0 Å². The Morgan fingerprint density at radius 2 is 1.61 bits per heavy atom. The van der Waals surface area contributed by atoms with Gasteiger partial charge in [-0.15, -0.1) is 0 Å². The monoisotopic (exact) mass is 434 g/mol. The van der Waals surface area contributed by atoms with Gasteiger partial charge < -0.3 is 9.80 Å². The molecule has 6 heteroatoms. The number of carbonyl (C=O) groups excluding carboxylic acids is 1. The maximum absolute atomic E-state index is 13.0. The van der Waals surface area contributed by atoms with Gasteiger partial charge in [-0.3, -0.25) is 4.79 Å². The van der Waals surface area contributed by atoms with Gasteiger partial charge in [-0.1, -0.05) is 41.9 Å². The minimum Gasteiger partial charge on any atom is -0.353 e. The summed E-state index contributed by atoms with van der Waals surface area (Å²) in [6, 6.07) is 15.7. The van der Waals surface area contributed by atoms with Crippen LogP contribution >= 0.6 is 11.6 Å². The summed E-state index contributed by atoms with van der Waals surface area (Å²) < 4.78 is 0. The fourth-order valence-electron chi connectivity index (χ4n) is 4.10. The molecule has 1 aromatic heterocycles. The molecule has 1 saturated heterocycles. The van der Waals surface area contributed by atoms with Crippen LogP contribution in [0.1, 0.15) is 38.6 Å². The van der Waals surface area contributed by atoms with Crippen LogP contribution in [-0.2, 0) is 6.42 Å². The zero-order valence-corrected chi connectivity index (χ0v) is 19.0. The van der Waals surface area contributed by atoms with Crippen molar-refractivity contribution in [2.75, 3.05) is 31.1 Å². The first-order valence-electron chi connectivity index (χ1n) is 10.6. The largest absolute Gasteiger partial charge is 0.353 e. The molecule has 0 N–H and O–H groups in total. The van der Waals surface area contributed by atoms with Crippen LogP contribution in [0.2, 0.25) is 5.02 Å². The molecule has 2 aromatic carbocycles. The lowest BCUT2D eigenvalue weighted by atomic mass is 10.0. The second-order valence-corrected chi connectivity index (χ2v) is 8.49. The molecule has 0 bridgehead atoms. The molecule has 1 amide bonds. The number of carbonyl (C=O) groups is 1. The number of halogens is 1. The fourth-order valence-corrected chi connectivity index (χ4v) is 4.22. The normalized spacial score (nSPS) is 14.1. The van der Waals surface area contributed by atoms with E-state index in [1.54, 1.807) is 0 Å². The summed E-state index contributed by atoms with van der Waals surface area (Å²) in [5.74, 6) is 1.85. The number of amides is 1. The Hall–Kier alpha value is -2.92. The van der Waals surface area contributed by atoms with Gasteiger partial charge in [-0.05, 0) is 50.1 Å². The predicted molar refractivity (Wildman–Crippen MR) is 125 cm³/mol. The summed E-state index contributed by atoms with van der Waals surface area (Å²) in [6.07, 6.45) is 0.751. The van der Waals surface area contributed by atoms with Gasteiger partial charge in [-0.25, -0.2) is 9.97 Å². The molecular formula is C25H27ClN4O. The number of aryl methyl sites for hydroxylation is 3. The van der Waals surface area contributed by atoms with Crippen molar-refractivity contribution >= 4 is 23.3 Å². The Bertz CT molecular complexity index is 1090. The van der Waals surface area contributed by atoms with E-state index in [0.717, 1.165) is 58.6 Å². The van der Waals surface area contributed by atoms with E-state index >= 15 is 0 Å². The first-order chi connectivity index (χ1) is 14.9. The lowest BCUT2D eigenvalue weighted by Crippen LogP contribution is -2.49. The SMILES string of the molecule is Cc1nc(C)c(Cc2ccc(Cl)cc2)c(N2CCN(C(=O)c3ccccc3C)CC2)n1. The number of rotatable bonds is 4. The lowest BCUT2D eigenvalue weighted by molar-refractivity contribution is 0.0745. The summed E-state index contributed by atoms with van der Waals surface area (Å²) >= 11 is 6.05. The minimum atomic E-state index is 0.106. The molecular weight excluding hydrogens is 408 g/mol. The molecule has 0 unspecified atom stereocenters. The fraction of sp³-hybridized carbons (Fsp3) is 0.320. The summed E-state index contributed by atoms with van der Waals surface area (Å²) in [4.78, 5) is 26.6. The summed E-state index contributed by atoms with van der Waals surface area (Å²) in [5, 5.41) is 0.732. The van der Waals surface area contributed by atoms with Crippen molar-refractivity contribution in [3.63, 3.8) is 0 Å². The molecule has 0 saturated carbocycles. The summed E-state index contributed by atoms with van der Waals surface area (Å²) in [5.41, 5.74) is 5.10. The van der Waals surface area contributed by atoms with Gasteiger partial charge in [0.15, 0.2) is 0 Å². The average Bonchev–Trinajstić information content (AvgIpc) is 2.77. The topological polar surface area (TPSA) is 49.3 Å². The van der Waals surface area contributed by atoms with Crippen LogP contribution in [0.25, 0.3) is 0 Å². The molecule has 0 atom stereocenters. The van der Waals surface area contributed by atoms with Crippen molar-refractivity contribution in [1.29, 1.82) is 0 Å². The standard InChI is InChI=1S/C25H27ClN4O/c1-17-6-4-5-7-22(17)25(31)30-14-12-29(13-15-30)24-23(18(2)27-19(3)28-24)16-20-8-10-21(26)11-9-20/h4-11H,12-16H2,1-3H3. The van der Waals surface area contributed by atoms with Crippen molar-refractivity contribution in [3.05, 3.63) is 87.3 Å². The summed E-state index contributed by atoms with van der Waals surface area (Å²) in [7, 11) is 0. The number of piperazine rings is 1. The van der Waals surface area contributed by atoms with E-state index in [2.05, 4.69) is 9.88 Å². The van der Waals surface area contributed by atoms with Gasteiger partial charge in [0.2, 0.25) is 0 Å². The Morgan fingerprint density at radius 3 is 2.29 bits per heavy atom. The minimum absolute atomic E-state index is 0.106. The van der Waals surface area contributed by atoms with E-state index < -0.39 is 0 Å². The zero-order valence-electron chi connectivity index (χ0n) is 18.2. The Kier molecular flexibility index (Phi) is 6.23. The molecule has 160 valence electrons. The number of hydrogen-bond donors (Lipinski definition) is 0. The number of hydrogen-bond acceptors (Lipinski definition) is 4. The van der Waals surface area contributed by atoms with Crippen LogP contribution in [0.4, 0.5) is 5.82 Å². The van der Waals surface area contributed by atoms with Crippen LogP contribution < -0.4 is 4.90 Å². The third-order valence-corrected chi connectivity index (χ3v) is 6.09. The van der Waals surface area contributed by atoms with Gasteiger partial charge in [0.05, 0.1) is 0 Å². The average molecular weight is 435 g/mol. The molecule has 0 radical (unpaired) electrons. The van der Waals surface area contributed by atoms with Crippen LogP contribution in [0.15, 0.2) is 48.5 Å². The van der Waals surface area contributed by atoms with E-state index in [1.165, 1.54) is 5.56 Å². The van der Waals surface area contributed by atoms with Gasteiger partial charge in [-0.2, -0.15) is 0 Å². The predicted octanol–water partition coefficient (Wildman–Crippen LogP) is 4.61. The second kappa shape index (κ2) is 9.06. The Labute approximate surface area is 188 Å². The van der Waals surface area contributed by atoms with Crippen molar-refractivity contribution in [1.82, 2.24) is 14.9 Å². The molecule has 0 aliphatic carbocycles.